The second kappa shape index (κ2) is 45.1. The molecular weight excluding hydrogens is 775 g/mol. The number of rotatable bonds is 47. The molecular formula is C54H99NO7. The summed E-state index contributed by atoms with van der Waals surface area (Å²) in [6.07, 6.45) is 53.2. The van der Waals surface area contributed by atoms with Crippen molar-refractivity contribution in [3.05, 3.63) is 36.5 Å². The van der Waals surface area contributed by atoms with E-state index in [9.17, 15) is 19.5 Å². The van der Waals surface area contributed by atoms with Crippen molar-refractivity contribution in [1.82, 2.24) is 0 Å². The molecule has 0 aliphatic heterocycles. The van der Waals surface area contributed by atoms with Crippen LogP contribution in [0.4, 0.5) is 0 Å². The van der Waals surface area contributed by atoms with Crippen molar-refractivity contribution in [1.29, 1.82) is 0 Å². The van der Waals surface area contributed by atoms with Gasteiger partial charge in [0.05, 0.1) is 40.3 Å². The summed E-state index contributed by atoms with van der Waals surface area (Å²) in [6, 6.07) is -0.728. The minimum absolute atomic E-state index is 0.0364. The third-order valence-corrected chi connectivity index (χ3v) is 11.7. The van der Waals surface area contributed by atoms with Crippen LogP contribution in [0.1, 0.15) is 239 Å². The molecule has 0 saturated heterocycles. The van der Waals surface area contributed by atoms with Gasteiger partial charge in [-0.05, 0) is 70.6 Å². The molecule has 0 radical (unpaired) electrons. The number of carboxylic acid groups (broad SMARTS) is 1. The fourth-order valence-electron chi connectivity index (χ4n) is 7.69. The lowest BCUT2D eigenvalue weighted by Crippen LogP contribution is -2.55. The van der Waals surface area contributed by atoms with E-state index >= 15 is 0 Å². The number of unbranched alkanes of at least 4 members (excludes halogenated alkanes) is 27. The lowest BCUT2D eigenvalue weighted by atomic mass is 10.1. The fraction of sp³-hybridized carbons (Fsp3) is 0.833. The zero-order valence-corrected chi connectivity index (χ0v) is 41.3. The van der Waals surface area contributed by atoms with Crippen LogP contribution in [0.2, 0.25) is 0 Å². The third-order valence-electron chi connectivity index (χ3n) is 11.7. The van der Waals surface area contributed by atoms with Crippen LogP contribution in [0.5, 0.6) is 0 Å². The van der Waals surface area contributed by atoms with E-state index in [-0.39, 0.29) is 42.7 Å². The molecule has 0 spiro atoms. The highest BCUT2D eigenvalue weighted by molar-refractivity contribution is 5.70. The van der Waals surface area contributed by atoms with Crippen LogP contribution in [0.25, 0.3) is 0 Å². The number of quaternary nitrogens is 1. The van der Waals surface area contributed by atoms with Crippen molar-refractivity contribution in [3.8, 4) is 0 Å². The van der Waals surface area contributed by atoms with Crippen LogP contribution in [-0.4, -0.2) is 75.5 Å². The maximum absolute atomic E-state index is 12.8. The van der Waals surface area contributed by atoms with Gasteiger partial charge in [-0.1, -0.05) is 185 Å². The number of allylic oxidation sites excluding steroid dienone is 6. The van der Waals surface area contributed by atoms with Crippen molar-refractivity contribution in [2.24, 2.45) is 0 Å². The largest absolute Gasteiger partial charge is 0.544 e. The van der Waals surface area contributed by atoms with Gasteiger partial charge in [0.2, 0.25) is 0 Å². The number of nitrogens with zero attached hydrogens (tertiary/aromatic N) is 1. The molecule has 8 heteroatoms. The first-order chi connectivity index (χ1) is 30.1. The standard InChI is InChI=1S/C54H99NO7/c1-6-8-10-12-14-16-18-20-22-24-25-26-27-28-29-31-32-34-36-38-40-42-44-52(56)61-49-50(48-60-47-46-51(54(58)59)55(3,4)5)62-53(57)45-43-41-39-37-35-33-30-23-21-19-17-15-13-11-9-7-2/h23-25,27-28,30,50-51H,6-22,26,29,31-49H2,1-5H3/b25-24+,28-27+,30-23+. The summed E-state index contributed by atoms with van der Waals surface area (Å²) in [4.78, 5) is 37.0. The summed E-state index contributed by atoms with van der Waals surface area (Å²) in [7, 11) is 5.41. The highest BCUT2D eigenvalue weighted by Gasteiger charge is 2.25. The van der Waals surface area contributed by atoms with Crippen molar-refractivity contribution < 1.29 is 38.2 Å². The Balaban J connectivity index is 4.24. The molecule has 362 valence electrons. The minimum Gasteiger partial charge on any atom is -0.544 e. The Morgan fingerprint density at radius 1 is 0.484 bits per heavy atom. The first-order valence-electron chi connectivity index (χ1n) is 26.0. The monoisotopic (exact) mass is 874 g/mol. The predicted octanol–water partition coefficient (Wildman–Crippen LogP) is 13.6. The van der Waals surface area contributed by atoms with Gasteiger partial charge in [0.1, 0.15) is 12.6 Å². The summed E-state index contributed by atoms with van der Waals surface area (Å²) >= 11 is 0. The van der Waals surface area contributed by atoms with Gasteiger partial charge >= 0.3 is 11.9 Å². The number of ether oxygens (including phenoxy) is 3. The molecule has 2 unspecified atom stereocenters. The number of carboxylic acids is 1. The number of hydrogen-bond donors (Lipinski definition) is 0. The van der Waals surface area contributed by atoms with Crippen molar-refractivity contribution in [3.63, 3.8) is 0 Å². The zero-order chi connectivity index (χ0) is 45.6. The van der Waals surface area contributed by atoms with Crippen LogP contribution in [-0.2, 0) is 28.6 Å². The molecule has 0 aromatic heterocycles. The lowest BCUT2D eigenvalue weighted by Gasteiger charge is -2.34. The smallest absolute Gasteiger partial charge is 0.306 e. The molecule has 62 heavy (non-hydrogen) atoms. The van der Waals surface area contributed by atoms with E-state index in [4.69, 9.17) is 14.2 Å². The third kappa shape index (κ3) is 42.8. The van der Waals surface area contributed by atoms with E-state index in [0.29, 0.717) is 12.8 Å². The van der Waals surface area contributed by atoms with Gasteiger partial charge < -0.3 is 28.6 Å². The predicted molar refractivity (Wildman–Crippen MR) is 259 cm³/mol. The van der Waals surface area contributed by atoms with Crippen molar-refractivity contribution in [2.45, 2.75) is 251 Å². The van der Waals surface area contributed by atoms with E-state index in [0.717, 1.165) is 64.2 Å². The Hall–Kier alpha value is -2.45. The summed E-state index contributed by atoms with van der Waals surface area (Å²) in [5, 5.41) is 11.7. The molecule has 8 nitrogen and oxygen atoms in total. The number of carbonyl (C=O) groups is 3. The molecule has 0 bridgehead atoms. The van der Waals surface area contributed by atoms with Crippen molar-refractivity contribution >= 4 is 17.9 Å². The maximum Gasteiger partial charge on any atom is 0.306 e. The van der Waals surface area contributed by atoms with Crippen LogP contribution in [0.15, 0.2) is 36.5 Å². The van der Waals surface area contributed by atoms with Gasteiger partial charge in [-0.25, -0.2) is 0 Å². The molecule has 0 heterocycles. The van der Waals surface area contributed by atoms with E-state index in [1.54, 1.807) is 21.1 Å². The Morgan fingerprint density at radius 2 is 0.855 bits per heavy atom. The number of esters is 2. The Labute approximate surface area is 383 Å². The highest BCUT2D eigenvalue weighted by atomic mass is 16.6. The SMILES string of the molecule is CCCCCCCCC/C=C/CCCCCCCC(=O)OC(COCCC(C(=O)[O-])[N+](C)(C)C)COC(=O)CCCCCCCCC/C=C/C/C=C/CCCCCCCCCC. The number of hydrogen-bond acceptors (Lipinski definition) is 7. The molecule has 0 fully saturated rings. The van der Waals surface area contributed by atoms with Crippen LogP contribution in [0.3, 0.4) is 0 Å². The molecule has 0 amide bonds. The average Bonchev–Trinajstić information content (AvgIpc) is 3.23. The fourth-order valence-corrected chi connectivity index (χ4v) is 7.69. The van der Waals surface area contributed by atoms with E-state index in [2.05, 4.69) is 50.3 Å². The van der Waals surface area contributed by atoms with Crippen LogP contribution < -0.4 is 5.11 Å². The van der Waals surface area contributed by atoms with Gasteiger partial charge in [-0.3, -0.25) is 9.59 Å². The molecule has 2 atom stereocenters. The van der Waals surface area contributed by atoms with Gasteiger partial charge in [-0.15, -0.1) is 0 Å². The first-order valence-corrected chi connectivity index (χ1v) is 26.0. The van der Waals surface area contributed by atoms with Crippen molar-refractivity contribution in [2.75, 3.05) is 41.0 Å². The summed E-state index contributed by atoms with van der Waals surface area (Å²) in [5.74, 6) is -1.75. The topological polar surface area (TPSA) is 102 Å². The van der Waals surface area contributed by atoms with Gasteiger partial charge in [0.15, 0.2) is 6.10 Å². The van der Waals surface area contributed by atoms with Crippen LogP contribution in [0, 0.1) is 0 Å². The molecule has 0 aliphatic rings. The number of carbonyl (C=O) groups excluding carboxylic acids is 3. The Morgan fingerprint density at radius 3 is 1.26 bits per heavy atom. The van der Waals surface area contributed by atoms with E-state index in [1.165, 1.54) is 141 Å². The summed E-state index contributed by atoms with van der Waals surface area (Å²) < 4.78 is 17.2. The second-order valence-electron chi connectivity index (χ2n) is 18.8. The lowest BCUT2D eigenvalue weighted by molar-refractivity contribution is -0.889. The normalized spacial score (nSPS) is 13.1. The van der Waals surface area contributed by atoms with Gasteiger partial charge in [-0.2, -0.15) is 0 Å². The molecule has 0 aromatic carbocycles. The summed E-state index contributed by atoms with van der Waals surface area (Å²) in [5.41, 5.74) is 0. The highest BCUT2D eigenvalue weighted by Crippen LogP contribution is 2.15. The minimum atomic E-state index is -1.13. The number of aliphatic carboxylic acids is 1. The van der Waals surface area contributed by atoms with Crippen LogP contribution >= 0.6 is 0 Å². The van der Waals surface area contributed by atoms with Gasteiger partial charge in [0, 0.05) is 19.3 Å². The molecule has 0 rings (SSSR count). The Kier molecular flexibility index (Phi) is 43.3. The quantitative estimate of drug-likeness (QED) is 0.0260. The first kappa shape index (κ1) is 59.5. The number of likely N-dealkylation sites (N-methyl/N-ethyl adjacent to an activating group) is 1. The summed E-state index contributed by atoms with van der Waals surface area (Å²) in [6.45, 7) is 4.67. The molecule has 0 aromatic rings. The molecule has 0 N–H and O–H groups in total. The zero-order valence-electron chi connectivity index (χ0n) is 41.3. The average molecular weight is 874 g/mol. The van der Waals surface area contributed by atoms with E-state index in [1.807, 2.05) is 0 Å². The molecule has 0 saturated carbocycles. The molecule has 0 aliphatic carbocycles. The second-order valence-corrected chi connectivity index (χ2v) is 18.8. The maximum atomic E-state index is 12.8. The van der Waals surface area contributed by atoms with Gasteiger partial charge in [0.25, 0.3) is 0 Å². The van der Waals surface area contributed by atoms with E-state index < -0.39 is 18.1 Å². The Bertz CT molecular complexity index is 1110.